The van der Waals surface area contributed by atoms with Crippen molar-refractivity contribution in [3.8, 4) is 17.1 Å². The van der Waals surface area contributed by atoms with Gasteiger partial charge in [-0.2, -0.15) is 4.98 Å². The van der Waals surface area contributed by atoms with E-state index in [1.807, 2.05) is 50.2 Å². The zero-order valence-electron chi connectivity index (χ0n) is 29.9. The van der Waals surface area contributed by atoms with E-state index in [0.29, 0.717) is 37.6 Å². The third kappa shape index (κ3) is 7.76. The number of hydrogen-bond acceptors (Lipinski definition) is 9. The predicted octanol–water partition coefficient (Wildman–Crippen LogP) is 6.41. The Hall–Kier alpha value is -4.55. The minimum atomic E-state index is -4.18. The largest absolute Gasteiger partial charge is 0.475 e. The summed E-state index contributed by atoms with van der Waals surface area (Å²) in [7, 11) is -4.18. The smallest absolute Gasteiger partial charge is 0.264 e. The number of morpholine rings is 1. The number of aryl methyl sites for hydroxylation is 2. The first-order valence-electron chi connectivity index (χ1n) is 16.9. The maximum absolute atomic E-state index is 14.6. The summed E-state index contributed by atoms with van der Waals surface area (Å²) < 4.78 is 42.2. The van der Waals surface area contributed by atoms with E-state index in [4.69, 9.17) is 14.5 Å². The van der Waals surface area contributed by atoms with Crippen molar-refractivity contribution in [2.24, 2.45) is 5.41 Å². The van der Waals surface area contributed by atoms with Crippen LogP contribution in [0.4, 0.5) is 11.8 Å². The molecule has 0 saturated carbocycles. The van der Waals surface area contributed by atoms with Crippen LogP contribution in [-0.4, -0.2) is 72.1 Å². The van der Waals surface area contributed by atoms with Crippen LogP contribution in [0.1, 0.15) is 68.2 Å². The average Bonchev–Trinajstić information content (AvgIpc) is 3.04. The minimum absolute atomic E-state index is 0.0758. The zero-order valence-corrected chi connectivity index (χ0v) is 30.7. The molecule has 1 atom stereocenters. The quantitative estimate of drug-likeness (QED) is 0.252. The van der Waals surface area contributed by atoms with Crippen molar-refractivity contribution < 1.29 is 22.7 Å². The third-order valence-electron chi connectivity index (χ3n) is 9.08. The van der Waals surface area contributed by atoms with Crippen LogP contribution in [0.5, 0.6) is 5.88 Å². The highest BCUT2D eigenvalue weighted by molar-refractivity contribution is 7.92. The lowest BCUT2D eigenvalue weighted by molar-refractivity contribution is 0.0508. The number of fused-ring (bicyclic) bond motifs is 4. The fourth-order valence-corrected chi connectivity index (χ4v) is 7.70. The Morgan fingerprint density at radius 3 is 2.40 bits per heavy atom. The Morgan fingerprint density at radius 1 is 0.960 bits per heavy atom. The normalized spacial score (nSPS) is 19.0. The molecule has 0 aliphatic carbocycles. The van der Waals surface area contributed by atoms with Gasteiger partial charge in [-0.15, -0.1) is 0 Å². The Labute approximate surface area is 295 Å². The van der Waals surface area contributed by atoms with Crippen LogP contribution in [0.3, 0.4) is 0 Å². The molecule has 1 fully saturated rings. The van der Waals surface area contributed by atoms with Gasteiger partial charge in [0.25, 0.3) is 15.9 Å². The number of nitrogens with zero attached hydrogens (tertiary/aromatic N) is 5. The molecule has 1 saturated heterocycles. The van der Waals surface area contributed by atoms with E-state index in [2.05, 4.69) is 54.2 Å². The number of hydrogen-bond donors (Lipinski definition) is 1. The molecule has 264 valence electrons. The lowest BCUT2D eigenvalue weighted by Crippen LogP contribution is -2.53. The van der Waals surface area contributed by atoms with Gasteiger partial charge in [0.05, 0.1) is 47.6 Å². The molecule has 2 aromatic heterocycles. The van der Waals surface area contributed by atoms with Gasteiger partial charge in [-0.25, -0.2) is 23.1 Å². The summed E-state index contributed by atoms with van der Waals surface area (Å²) in [5.41, 5.74) is 3.84. The topological polar surface area (TPSA) is 127 Å². The van der Waals surface area contributed by atoms with Gasteiger partial charge in [-0.3, -0.25) is 4.79 Å². The maximum Gasteiger partial charge on any atom is 0.264 e. The molecule has 0 radical (unpaired) electrons. The number of rotatable bonds is 5. The van der Waals surface area contributed by atoms with Crippen LogP contribution in [0.25, 0.3) is 11.3 Å². The number of pyridine rings is 1. The monoisotopic (exact) mass is 698 g/mol. The molecular formula is C38H46N6O5S. The van der Waals surface area contributed by atoms with Gasteiger partial charge < -0.3 is 19.3 Å². The highest BCUT2D eigenvalue weighted by Crippen LogP contribution is 2.32. The summed E-state index contributed by atoms with van der Waals surface area (Å²) in [6.07, 6.45) is 0.590. The van der Waals surface area contributed by atoms with Crippen molar-refractivity contribution in [3.05, 3.63) is 89.1 Å². The number of amides is 1. The number of benzene rings is 2. The van der Waals surface area contributed by atoms with E-state index < -0.39 is 16.1 Å². The highest BCUT2D eigenvalue weighted by atomic mass is 32.2. The number of nitrogens with one attached hydrogen (secondary N) is 1. The average molecular weight is 699 g/mol. The van der Waals surface area contributed by atoms with Gasteiger partial charge in [-0.05, 0) is 81.0 Å². The van der Waals surface area contributed by atoms with E-state index in [1.165, 1.54) is 12.1 Å². The first kappa shape index (κ1) is 35.3. The molecule has 12 heteroatoms. The van der Waals surface area contributed by atoms with Gasteiger partial charge in [0.2, 0.25) is 11.8 Å². The number of aromatic nitrogens is 3. The zero-order chi connectivity index (χ0) is 35.8. The Balaban J connectivity index is 1.46. The second-order valence-corrected chi connectivity index (χ2v) is 16.7. The highest BCUT2D eigenvalue weighted by Gasteiger charge is 2.34. The molecule has 0 unspecified atom stereocenters. The van der Waals surface area contributed by atoms with E-state index in [0.717, 1.165) is 22.5 Å². The van der Waals surface area contributed by atoms with Crippen molar-refractivity contribution in [3.63, 3.8) is 0 Å². The minimum Gasteiger partial charge on any atom is -0.475 e. The molecule has 0 spiro atoms. The van der Waals surface area contributed by atoms with E-state index >= 15 is 0 Å². The molecular weight excluding hydrogens is 653 g/mol. The molecule has 2 aliphatic heterocycles. The predicted molar refractivity (Wildman–Crippen MR) is 194 cm³/mol. The van der Waals surface area contributed by atoms with Gasteiger partial charge in [0, 0.05) is 23.7 Å². The van der Waals surface area contributed by atoms with Crippen LogP contribution < -0.4 is 14.4 Å². The lowest BCUT2D eigenvalue weighted by Gasteiger charge is -2.43. The van der Waals surface area contributed by atoms with Crippen LogP contribution in [-0.2, 0) is 21.3 Å². The Morgan fingerprint density at radius 2 is 1.68 bits per heavy atom. The summed E-state index contributed by atoms with van der Waals surface area (Å²) >= 11 is 0. The summed E-state index contributed by atoms with van der Waals surface area (Å²) in [6, 6.07) is 19.2. The summed E-state index contributed by atoms with van der Waals surface area (Å²) in [4.78, 5) is 32.7. The van der Waals surface area contributed by atoms with Gasteiger partial charge in [0.15, 0.2) is 0 Å². The van der Waals surface area contributed by atoms with Gasteiger partial charge >= 0.3 is 0 Å². The summed E-state index contributed by atoms with van der Waals surface area (Å²) in [5, 5.41) is 0. The van der Waals surface area contributed by atoms with Crippen molar-refractivity contribution in [2.75, 3.05) is 36.0 Å². The number of ether oxygens (including phenoxy) is 2. The van der Waals surface area contributed by atoms with Crippen LogP contribution >= 0.6 is 0 Å². The van der Waals surface area contributed by atoms with E-state index in [1.54, 1.807) is 23.1 Å². The number of anilines is 2. The first-order valence-corrected chi connectivity index (χ1v) is 18.4. The molecule has 6 rings (SSSR count). The van der Waals surface area contributed by atoms with Crippen molar-refractivity contribution in [1.82, 2.24) is 19.9 Å². The van der Waals surface area contributed by atoms with Crippen molar-refractivity contribution in [1.29, 1.82) is 0 Å². The fraction of sp³-hybridized carbons (Fsp3) is 0.421. The Kier molecular flexibility index (Phi) is 9.62. The van der Waals surface area contributed by atoms with Crippen molar-refractivity contribution >= 4 is 27.7 Å². The molecule has 1 amide bonds. The molecule has 4 aromatic rings. The fourth-order valence-electron chi connectivity index (χ4n) is 6.71. The van der Waals surface area contributed by atoms with E-state index in [9.17, 15) is 13.2 Å². The molecule has 2 aromatic carbocycles. The molecule has 4 bridgehead atoms. The molecule has 4 heterocycles. The second kappa shape index (κ2) is 13.6. The Bertz CT molecular complexity index is 1990. The van der Waals surface area contributed by atoms with Crippen LogP contribution in [0.2, 0.25) is 0 Å². The molecule has 2 aliphatic rings. The first-order chi connectivity index (χ1) is 23.6. The second-order valence-electron chi connectivity index (χ2n) is 15.0. The van der Waals surface area contributed by atoms with Crippen LogP contribution in [0, 0.1) is 19.3 Å². The molecule has 50 heavy (non-hydrogen) atoms. The number of sulfonamides is 1. The van der Waals surface area contributed by atoms with Crippen LogP contribution in [0.15, 0.2) is 71.6 Å². The third-order valence-corrected chi connectivity index (χ3v) is 10.4. The molecule has 1 N–H and O–H groups in total. The number of carbonyl (C=O) groups is 1. The summed E-state index contributed by atoms with van der Waals surface area (Å²) in [5.74, 6) is 0.561. The van der Waals surface area contributed by atoms with Gasteiger partial charge in [-0.1, -0.05) is 51.1 Å². The van der Waals surface area contributed by atoms with E-state index in [-0.39, 0.29) is 52.3 Å². The SMILES string of the molecule is Cc1cccc(C)c1-c1cc2nc(n1)NS(=O)(=O)c1cccc(c1)C(=O)N(Cc1cccc(N3CCOCC3(C)C)n1)[C@H](CC(C)(C)C)CO2. The standard InChI is InChI=1S/C38H46N6O5S/c1-25-11-8-12-26(2)34(25)31-20-33-41-36(40-31)42-50(46,47)30-15-9-13-27(19-30)35(45)43(29(23-49-33)21-37(3,4)5)22-28-14-10-16-32(39-28)44-17-18-48-24-38(44,6)7/h8-16,19-20,29H,17-18,21-24H2,1-7H3,(H,40,41,42)/t29-/m1/s1. The summed E-state index contributed by atoms with van der Waals surface area (Å²) in [6.45, 7) is 16.7. The van der Waals surface area contributed by atoms with Gasteiger partial charge in [0.1, 0.15) is 12.4 Å². The lowest BCUT2D eigenvalue weighted by atomic mass is 9.87. The number of carbonyl (C=O) groups excluding carboxylic acids is 1. The molecule has 11 nitrogen and oxygen atoms in total. The maximum atomic E-state index is 14.6. The van der Waals surface area contributed by atoms with Crippen molar-refractivity contribution in [2.45, 2.75) is 77.9 Å².